The van der Waals surface area contributed by atoms with Crippen molar-refractivity contribution in [3.8, 4) is 0 Å². The highest BCUT2D eigenvalue weighted by Gasteiger charge is 2.29. The molecule has 0 radical (unpaired) electrons. The summed E-state index contributed by atoms with van der Waals surface area (Å²) in [4.78, 5) is 2.41. The van der Waals surface area contributed by atoms with Gasteiger partial charge in [0.2, 0.25) is 0 Å². The minimum Gasteiger partial charge on any atom is -0.395 e. The standard InChI is InChI=1S/C11H22N2O2/c14-8-11(10-2-1-7-15-9-10)13-5-3-12-4-6-13/h10-12,14H,1-9H2. The summed E-state index contributed by atoms with van der Waals surface area (Å²) >= 11 is 0. The number of rotatable bonds is 3. The number of nitrogens with zero attached hydrogens (tertiary/aromatic N) is 1. The Bertz CT molecular complexity index is 159. The van der Waals surface area contributed by atoms with E-state index in [0.29, 0.717) is 12.0 Å². The molecule has 15 heavy (non-hydrogen) atoms. The van der Waals surface area contributed by atoms with Crippen LogP contribution in [0, 0.1) is 5.92 Å². The minimum atomic E-state index is 0.272. The Morgan fingerprint density at radius 3 is 2.80 bits per heavy atom. The lowest BCUT2D eigenvalue weighted by atomic mass is 9.92. The summed E-state index contributed by atoms with van der Waals surface area (Å²) in [5, 5.41) is 12.9. The lowest BCUT2D eigenvalue weighted by molar-refractivity contribution is -0.0121. The Morgan fingerprint density at radius 1 is 1.40 bits per heavy atom. The lowest BCUT2D eigenvalue weighted by Gasteiger charge is -2.39. The molecule has 0 aromatic heterocycles. The van der Waals surface area contributed by atoms with Crippen LogP contribution in [0.15, 0.2) is 0 Å². The van der Waals surface area contributed by atoms with Crippen molar-refractivity contribution in [2.45, 2.75) is 18.9 Å². The lowest BCUT2D eigenvalue weighted by Crippen LogP contribution is -2.53. The van der Waals surface area contributed by atoms with Crippen molar-refractivity contribution in [3.63, 3.8) is 0 Å². The number of aliphatic hydroxyl groups is 1. The van der Waals surface area contributed by atoms with Gasteiger partial charge < -0.3 is 15.2 Å². The van der Waals surface area contributed by atoms with Crippen molar-refractivity contribution >= 4 is 0 Å². The van der Waals surface area contributed by atoms with Gasteiger partial charge in [0.25, 0.3) is 0 Å². The molecule has 0 saturated carbocycles. The molecule has 2 saturated heterocycles. The molecule has 2 N–H and O–H groups in total. The van der Waals surface area contributed by atoms with Crippen molar-refractivity contribution in [2.24, 2.45) is 5.92 Å². The van der Waals surface area contributed by atoms with E-state index in [4.69, 9.17) is 4.74 Å². The van der Waals surface area contributed by atoms with Crippen LogP contribution in [0.5, 0.6) is 0 Å². The van der Waals surface area contributed by atoms with Crippen molar-refractivity contribution in [3.05, 3.63) is 0 Å². The first-order valence-corrected chi connectivity index (χ1v) is 6.05. The Hall–Kier alpha value is -0.160. The van der Waals surface area contributed by atoms with E-state index in [0.717, 1.165) is 45.8 Å². The third-order valence-corrected chi connectivity index (χ3v) is 3.55. The number of nitrogens with one attached hydrogen (secondary N) is 1. The van der Waals surface area contributed by atoms with Gasteiger partial charge in [-0.05, 0) is 12.8 Å². The van der Waals surface area contributed by atoms with Crippen molar-refractivity contribution < 1.29 is 9.84 Å². The van der Waals surface area contributed by atoms with Gasteiger partial charge in [-0.2, -0.15) is 0 Å². The molecule has 0 aliphatic carbocycles. The maximum atomic E-state index is 9.51. The van der Waals surface area contributed by atoms with Crippen LogP contribution in [0.4, 0.5) is 0 Å². The molecule has 0 aromatic carbocycles. The molecule has 2 fully saturated rings. The topological polar surface area (TPSA) is 44.7 Å². The van der Waals surface area contributed by atoms with Gasteiger partial charge in [-0.15, -0.1) is 0 Å². The van der Waals surface area contributed by atoms with Crippen LogP contribution in [-0.4, -0.2) is 62.0 Å². The van der Waals surface area contributed by atoms with E-state index in [1.807, 2.05) is 0 Å². The summed E-state index contributed by atoms with van der Waals surface area (Å²) in [6.07, 6.45) is 2.35. The number of piperazine rings is 1. The zero-order valence-electron chi connectivity index (χ0n) is 9.32. The van der Waals surface area contributed by atoms with Gasteiger partial charge in [0.05, 0.1) is 13.2 Å². The zero-order chi connectivity index (χ0) is 10.5. The van der Waals surface area contributed by atoms with Crippen molar-refractivity contribution in [1.82, 2.24) is 10.2 Å². The first kappa shape index (κ1) is 11.3. The van der Waals surface area contributed by atoms with Crippen molar-refractivity contribution in [1.29, 1.82) is 0 Å². The van der Waals surface area contributed by atoms with Gasteiger partial charge in [0.1, 0.15) is 0 Å². The first-order valence-electron chi connectivity index (χ1n) is 6.05. The Labute approximate surface area is 91.6 Å². The van der Waals surface area contributed by atoms with E-state index in [2.05, 4.69) is 10.2 Å². The highest BCUT2D eigenvalue weighted by atomic mass is 16.5. The third kappa shape index (κ3) is 2.91. The van der Waals surface area contributed by atoms with E-state index < -0.39 is 0 Å². The summed E-state index contributed by atoms with van der Waals surface area (Å²) in [6, 6.07) is 0.312. The highest BCUT2D eigenvalue weighted by Crippen LogP contribution is 2.21. The van der Waals surface area contributed by atoms with Crippen LogP contribution in [-0.2, 0) is 4.74 Å². The molecule has 2 unspecified atom stereocenters. The van der Waals surface area contributed by atoms with Crippen LogP contribution < -0.4 is 5.32 Å². The SMILES string of the molecule is OCC(C1CCCOC1)N1CCNCC1. The highest BCUT2D eigenvalue weighted by molar-refractivity contribution is 4.83. The van der Waals surface area contributed by atoms with Crippen LogP contribution in [0.3, 0.4) is 0 Å². The fourth-order valence-electron chi connectivity index (χ4n) is 2.65. The number of ether oxygens (including phenoxy) is 1. The summed E-state index contributed by atoms with van der Waals surface area (Å²) in [5.74, 6) is 0.529. The van der Waals surface area contributed by atoms with Crippen molar-refractivity contribution in [2.75, 3.05) is 46.0 Å². The molecule has 2 aliphatic rings. The maximum Gasteiger partial charge on any atom is 0.0590 e. The molecular weight excluding hydrogens is 192 g/mol. The van der Waals surface area contributed by atoms with E-state index in [9.17, 15) is 5.11 Å². The quantitative estimate of drug-likeness (QED) is 0.676. The fourth-order valence-corrected chi connectivity index (χ4v) is 2.65. The van der Waals surface area contributed by atoms with Crippen LogP contribution in [0.25, 0.3) is 0 Å². The zero-order valence-corrected chi connectivity index (χ0v) is 9.32. The van der Waals surface area contributed by atoms with Gasteiger partial charge in [0.15, 0.2) is 0 Å². The predicted molar refractivity (Wildman–Crippen MR) is 58.9 cm³/mol. The average molecular weight is 214 g/mol. The molecular formula is C11H22N2O2. The van der Waals surface area contributed by atoms with Crippen LogP contribution in [0.1, 0.15) is 12.8 Å². The molecule has 0 bridgehead atoms. The molecule has 0 aromatic rings. The second-order valence-corrected chi connectivity index (χ2v) is 4.51. The molecule has 2 aliphatic heterocycles. The Balaban J connectivity index is 1.88. The second kappa shape index (κ2) is 5.80. The minimum absolute atomic E-state index is 0.272. The molecule has 2 rings (SSSR count). The average Bonchev–Trinajstić information content (AvgIpc) is 2.33. The number of hydrogen-bond acceptors (Lipinski definition) is 4. The summed E-state index contributed by atoms with van der Waals surface area (Å²) in [5.41, 5.74) is 0. The van der Waals surface area contributed by atoms with E-state index in [-0.39, 0.29) is 6.61 Å². The van der Waals surface area contributed by atoms with Gasteiger partial charge in [-0.3, -0.25) is 4.90 Å². The molecule has 4 nitrogen and oxygen atoms in total. The smallest absolute Gasteiger partial charge is 0.0590 e. The normalized spacial score (nSPS) is 31.4. The molecule has 4 heteroatoms. The van der Waals surface area contributed by atoms with Gasteiger partial charge >= 0.3 is 0 Å². The number of aliphatic hydroxyl groups excluding tert-OH is 1. The maximum absolute atomic E-state index is 9.51. The van der Waals surface area contributed by atoms with E-state index in [1.165, 1.54) is 6.42 Å². The molecule has 0 amide bonds. The molecule has 2 heterocycles. The van der Waals surface area contributed by atoms with Crippen LogP contribution in [0.2, 0.25) is 0 Å². The van der Waals surface area contributed by atoms with E-state index >= 15 is 0 Å². The fraction of sp³-hybridized carbons (Fsp3) is 1.00. The van der Waals surface area contributed by atoms with E-state index in [1.54, 1.807) is 0 Å². The first-order chi connectivity index (χ1) is 7.42. The number of hydrogen-bond donors (Lipinski definition) is 2. The van der Waals surface area contributed by atoms with Gasteiger partial charge in [-0.1, -0.05) is 0 Å². The van der Waals surface area contributed by atoms with Crippen LogP contribution >= 0.6 is 0 Å². The molecule has 2 atom stereocenters. The molecule has 88 valence electrons. The largest absolute Gasteiger partial charge is 0.395 e. The van der Waals surface area contributed by atoms with Gasteiger partial charge in [0, 0.05) is 44.7 Å². The second-order valence-electron chi connectivity index (χ2n) is 4.51. The molecule has 0 spiro atoms. The predicted octanol–water partition coefficient (Wildman–Crippen LogP) is -0.321. The third-order valence-electron chi connectivity index (χ3n) is 3.55. The van der Waals surface area contributed by atoms with Gasteiger partial charge in [-0.25, -0.2) is 0 Å². The summed E-state index contributed by atoms with van der Waals surface area (Å²) in [7, 11) is 0. The Kier molecular flexibility index (Phi) is 4.38. The summed E-state index contributed by atoms with van der Waals surface area (Å²) in [6.45, 7) is 6.21. The summed E-state index contributed by atoms with van der Waals surface area (Å²) < 4.78 is 5.50. The monoisotopic (exact) mass is 214 g/mol. The Morgan fingerprint density at radius 2 is 2.20 bits per heavy atom.